The number of carboxylic acids is 4. The maximum atomic E-state index is 10.9. The van der Waals surface area contributed by atoms with Crippen LogP contribution >= 0.6 is 0 Å². The zero-order valence-electron chi connectivity index (χ0n) is 13.9. The molecule has 14 nitrogen and oxygen atoms in total. The first-order valence-electron chi connectivity index (χ1n) is 6.77. The van der Waals surface area contributed by atoms with Gasteiger partial charge in [0.05, 0.1) is 11.9 Å². The molecule has 2 rings (SSSR count). The van der Waals surface area contributed by atoms with E-state index in [0.717, 1.165) is 0 Å². The zero-order chi connectivity index (χ0) is 18.7. The summed E-state index contributed by atoms with van der Waals surface area (Å²) in [6.45, 7) is 0. The summed E-state index contributed by atoms with van der Waals surface area (Å²) in [5, 5.41) is 39.4. The average Bonchev–Trinajstić information content (AvgIpc) is 3.11. The topological polar surface area (TPSA) is 278 Å². The van der Waals surface area contributed by atoms with E-state index in [9.17, 15) is 29.4 Å². The molecule has 0 spiro atoms. The number of hydrogen-bond donors (Lipinski definition) is 4. The number of aromatic nitrogens is 4. The number of hydrogen-bond acceptors (Lipinski definition) is 8. The number of imidazole rings is 2. The van der Waals surface area contributed by atoms with Crippen LogP contribution in [0.5, 0.6) is 0 Å². The molecule has 153 valence electrons. The minimum absolute atomic E-state index is 0. The molecule has 28 heavy (non-hydrogen) atoms. The molecule has 0 aliphatic rings. The van der Waals surface area contributed by atoms with Crippen LogP contribution in [0.3, 0.4) is 0 Å². The molecule has 0 fully saturated rings. The number of aromatic amines is 2. The monoisotopic (exact) mass is 443 g/mol. The molecule has 0 saturated carbocycles. The second-order valence-electron chi connectivity index (χ2n) is 4.85. The SMILES string of the molecule is O=C([O-])c1nc(CCCc2nc(C(=O)[O-])c(C(=O)O)[nH]2)[nH]c1C(=O)O.[Mn+2].[OH3+].[OH3+]. The molecule has 0 aromatic carbocycles. The van der Waals surface area contributed by atoms with Crippen molar-refractivity contribution in [3.05, 3.63) is 34.4 Å². The number of H-pyrrole nitrogens is 2. The molecular weight excluding hydrogens is 427 g/mol. The molecular formula is C13H16MnN4O10+2. The van der Waals surface area contributed by atoms with Crippen molar-refractivity contribution in [3.8, 4) is 0 Å². The van der Waals surface area contributed by atoms with Gasteiger partial charge in [-0.05, 0) is 6.42 Å². The van der Waals surface area contributed by atoms with Crippen LogP contribution in [0.15, 0.2) is 0 Å². The summed E-state index contributed by atoms with van der Waals surface area (Å²) in [7, 11) is 0. The minimum Gasteiger partial charge on any atom is -0.543 e. The summed E-state index contributed by atoms with van der Waals surface area (Å²) in [6.07, 6.45) is 0.465. The van der Waals surface area contributed by atoms with Gasteiger partial charge in [-0.1, -0.05) is 0 Å². The molecule has 0 aliphatic carbocycles. The Morgan fingerprint density at radius 1 is 0.786 bits per heavy atom. The molecule has 10 N–H and O–H groups in total. The van der Waals surface area contributed by atoms with Crippen molar-refractivity contribution in [2.24, 2.45) is 0 Å². The van der Waals surface area contributed by atoms with Crippen molar-refractivity contribution in [3.63, 3.8) is 0 Å². The average molecular weight is 443 g/mol. The predicted molar refractivity (Wildman–Crippen MR) is 81.5 cm³/mol. The molecule has 2 aromatic rings. The van der Waals surface area contributed by atoms with Gasteiger partial charge in [0.25, 0.3) is 0 Å². The largest absolute Gasteiger partial charge is 2.00 e. The Balaban J connectivity index is 0. The molecule has 0 atom stereocenters. The van der Waals surface area contributed by atoms with Crippen LogP contribution < -0.4 is 10.2 Å². The molecule has 0 aliphatic heterocycles. The fourth-order valence-corrected chi connectivity index (χ4v) is 2.11. The van der Waals surface area contributed by atoms with Crippen molar-refractivity contribution < 1.29 is 67.6 Å². The summed E-state index contributed by atoms with van der Waals surface area (Å²) in [5.41, 5.74) is -2.68. The fourth-order valence-electron chi connectivity index (χ4n) is 2.11. The minimum atomic E-state index is -1.74. The second kappa shape index (κ2) is 10.8. The molecule has 0 amide bonds. The van der Waals surface area contributed by atoms with Crippen molar-refractivity contribution in [1.29, 1.82) is 0 Å². The van der Waals surface area contributed by atoms with E-state index < -0.39 is 46.7 Å². The van der Waals surface area contributed by atoms with Crippen molar-refractivity contribution in [2.45, 2.75) is 19.3 Å². The number of carbonyl (C=O) groups is 4. The third-order valence-electron chi connectivity index (χ3n) is 3.15. The van der Waals surface area contributed by atoms with Gasteiger partial charge < -0.3 is 50.9 Å². The molecule has 0 saturated heterocycles. The van der Waals surface area contributed by atoms with Crippen LogP contribution in [0.2, 0.25) is 0 Å². The molecule has 2 heterocycles. The van der Waals surface area contributed by atoms with E-state index in [0.29, 0.717) is 0 Å². The Labute approximate surface area is 165 Å². The number of nitrogens with one attached hydrogen (secondary N) is 2. The summed E-state index contributed by atoms with van der Waals surface area (Å²) in [6, 6.07) is 0. The van der Waals surface area contributed by atoms with Gasteiger partial charge in [-0.2, -0.15) is 0 Å². The summed E-state index contributed by atoms with van der Waals surface area (Å²) >= 11 is 0. The molecule has 15 heteroatoms. The number of rotatable bonds is 8. The van der Waals surface area contributed by atoms with Crippen LogP contribution in [0, 0.1) is 0 Å². The van der Waals surface area contributed by atoms with Gasteiger partial charge in [0.15, 0.2) is 11.4 Å². The Bertz CT molecular complexity index is 742. The zero-order valence-corrected chi connectivity index (χ0v) is 15.1. The number of carboxylic acid groups (broad SMARTS) is 4. The van der Waals surface area contributed by atoms with Gasteiger partial charge >= 0.3 is 29.0 Å². The van der Waals surface area contributed by atoms with E-state index in [4.69, 9.17) is 10.2 Å². The number of carbonyl (C=O) groups excluding carboxylic acids is 2. The van der Waals surface area contributed by atoms with E-state index in [1.807, 2.05) is 0 Å². The van der Waals surface area contributed by atoms with Crippen LogP contribution in [-0.2, 0) is 40.9 Å². The Kier molecular flexibility index (Phi) is 10.4. The fraction of sp³-hybridized carbons (Fsp3) is 0.231. The van der Waals surface area contributed by atoms with Crippen LogP contribution in [0.4, 0.5) is 0 Å². The number of aromatic carboxylic acids is 4. The first-order valence-corrected chi connectivity index (χ1v) is 6.77. The van der Waals surface area contributed by atoms with Gasteiger partial charge in [-0.3, -0.25) is 0 Å². The Morgan fingerprint density at radius 3 is 1.32 bits per heavy atom. The van der Waals surface area contributed by atoms with E-state index >= 15 is 0 Å². The van der Waals surface area contributed by atoms with Crippen molar-refractivity contribution in [1.82, 2.24) is 19.9 Å². The van der Waals surface area contributed by atoms with Crippen LogP contribution in [0.1, 0.15) is 60.0 Å². The van der Waals surface area contributed by atoms with E-state index in [1.54, 1.807) is 0 Å². The van der Waals surface area contributed by atoms with Crippen molar-refractivity contribution in [2.75, 3.05) is 0 Å². The van der Waals surface area contributed by atoms with Gasteiger partial charge in [0.2, 0.25) is 0 Å². The number of aryl methyl sites for hydroxylation is 2. The van der Waals surface area contributed by atoms with Gasteiger partial charge in [-0.25, -0.2) is 19.6 Å². The Hall–Kier alpha value is -3.26. The smallest absolute Gasteiger partial charge is 0.543 e. The summed E-state index contributed by atoms with van der Waals surface area (Å²) in [5.74, 6) is -6.35. The van der Waals surface area contributed by atoms with E-state index in [1.165, 1.54) is 0 Å². The maximum absolute atomic E-state index is 10.9. The second-order valence-corrected chi connectivity index (χ2v) is 4.85. The number of nitrogens with zero attached hydrogens (tertiary/aromatic N) is 2. The quantitative estimate of drug-likeness (QED) is 0.224. The van der Waals surface area contributed by atoms with Gasteiger partial charge in [-0.15, -0.1) is 0 Å². The van der Waals surface area contributed by atoms with Crippen LogP contribution in [-0.4, -0.2) is 54.0 Å². The van der Waals surface area contributed by atoms with Gasteiger partial charge in [0.1, 0.15) is 23.0 Å². The van der Waals surface area contributed by atoms with Crippen LogP contribution in [0.25, 0.3) is 0 Å². The maximum Gasteiger partial charge on any atom is 2.00 e. The summed E-state index contributed by atoms with van der Waals surface area (Å²) < 4.78 is 0. The molecule has 0 bridgehead atoms. The molecule has 0 unspecified atom stereocenters. The first-order chi connectivity index (χ1) is 11.7. The Morgan fingerprint density at radius 2 is 1.11 bits per heavy atom. The van der Waals surface area contributed by atoms with E-state index in [-0.39, 0.29) is 58.9 Å². The third-order valence-corrected chi connectivity index (χ3v) is 3.15. The van der Waals surface area contributed by atoms with E-state index in [2.05, 4.69) is 19.9 Å². The van der Waals surface area contributed by atoms with Gasteiger partial charge in [0, 0.05) is 12.8 Å². The first kappa shape index (κ1) is 27.0. The molecule has 1 radical (unpaired) electrons. The normalized spacial score (nSPS) is 9.43. The third kappa shape index (κ3) is 5.88. The predicted octanol–water partition coefficient (Wildman–Crippen LogP) is -4.41. The van der Waals surface area contributed by atoms with Crippen molar-refractivity contribution >= 4 is 23.9 Å². The molecule has 2 aromatic heterocycles. The standard InChI is InChI=1S/C13H12N4O8.Mn.2H2O/c18-10(19)6-7(11(20)21)15-4(14-6)2-1-3-5-16-8(12(22)23)9(17-5)13(24)25;;;/h1-3H2,(H,14,15)(H,16,17)(H,18,19)(H,20,21)(H,22,23)(H,24,25);;2*1H2/q;+2;;. The summed E-state index contributed by atoms with van der Waals surface area (Å²) in [4.78, 5) is 55.4.